The number of hydrogen-bond acceptors (Lipinski definition) is 3. The highest BCUT2D eigenvalue weighted by atomic mass is 16.3. The summed E-state index contributed by atoms with van der Waals surface area (Å²) in [6.45, 7) is 3.31. The molecule has 1 heterocycles. The van der Waals surface area contributed by atoms with Gasteiger partial charge in [0.1, 0.15) is 0 Å². The highest BCUT2D eigenvalue weighted by molar-refractivity contribution is 4.81. The molecule has 0 unspecified atom stereocenters. The summed E-state index contributed by atoms with van der Waals surface area (Å²) in [5, 5.41) is 13.1. The topological polar surface area (TPSA) is 41.3 Å². The van der Waals surface area contributed by atoms with Gasteiger partial charge in [-0.2, -0.15) is 5.10 Å². The minimum absolute atomic E-state index is 0.297. The van der Waals surface area contributed by atoms with Crippen LogP contribution in [0.25, 0.3) is 0 Å². The Kier molecular flexibility index (Phi) is 4.36. The highest BCUT2D eigenvalue weighted by Gasteiger charge is 2.23. The molecule has 0 aliphatic heterocycles. The zero-order valence-electron chi connectivity index (χ0n) is 9.76. The largest absolute Gasteiger partial charge is 0.396 e. The van der Waals surface area contributed by atoms with Gasteiger partial charge in [0.25, 0.3) is 0 Å². The average Bonchev–Trinajstić information content (AvgIpc) is 2.72. The third-order valence-corrected chi connectivity index (χ3v) is 3.37. The normalized spacial score (nSPS) is 16.6. The molecular weight excluding hydrogens is 202 g/mol. The summed E-state index contributed by atoms with van der Waals surface area (Å²) in [4.78, 5) is 2.50. The summed E-state index contributed by atoms with van der Waals surface area (Å²) in [5.41, 5.74) is 0. The molecule has 1 N–H and O–H groups in total. The van der Waals surface area contributed by atoms with E-state index >= 15 is 0 Å². The van der Waals surface area contributed by atoms with E-state index in [1.54, 1.807) is 0 Å². The van der Waals surface area contributed by atoms with Crippen molar-refractivity contribution >= 4 is 0 Å². The van der Waals surface area contributed by atoms with Gasteiger partial charge in [-0.15, -0.1) is 0 Å². The molecule has 2 rings (SSSR count). The van der Waals surface area contributed by atoms with Gasteiger partial charge in [-0.25, -0.2) is 0 Å². The molecule has 90 valence electrons. The van der Waals surface area contributed by atoms with Gasteiger partial charge in [-0.05, 0) is 25.3 Å². The molecular formula is C12H21N3O. The van der Waals surface area contributed by atoms with Crippen molar-refractivity contribution in [2.24, 2.45) is 0 Å². The monoisotopic (exact) mass is 223 g/mol. The van der Waals surface area contributed by atoms with Crippen LogP contribution in [-0.2, 0) is 6.54 Å². The van der Waals surface area contributed by atoms with E-state index in [2.05, 4.69) is 10.00 Å². The molecule has 1 aromatic rings. The van der Waals surface area contributed by atoms with Gasteiger partial charge in [0.05, 0.1) is 6.54 Å². The van der Waals surface area contributed by atoms with Gasteiger partial charge < -0.3 is 5.11 Å². The van der Waals surface area contributed by atoms with E-state index in [0.717, 1.165) is 32.1 Å². The molecule has 0 aromatic carbocycles. The maximum Gasteiger partial charge on any atom is 0.0536 e. The molecule has 4 heteroatoms. The molecule has 0 saturated heterocycles. The second kappa shape index (κ2) is 6.01. The first kappa shape index (κ1) is 11.6. The van der Waals surface area contributed by atoms with Gasteiger partial charge >= 0.3 is 0 Å². The molecule has 4 nitrogen and oxygen atoms in total. The first-order chi connectivity index (χ1) is 7.90. The molecule has 1 aromatic heterocycles. The van der Waals surface area contributed by atoms with Crippen LogP contribution in [0.4, 0.5) is 0 Å². The van der Waals surface area contributed by atoms with Crippen LogP contribution in [-0.4, -0.2) is 45.5 Å². The summed E-state index contributed by atoms with van der Waals surface area (Å²) < 4.78 is 1.98. The lowest BCUT2D eigenvalue weighted by molar-refractivity contribution is 0.111. The Bertz CT molecular complexity index is 282. The third kappa shape index (κ3) is 3.06. The molecule has 0 radical (unpaired) electrons. The Hall–Kier alpha value is -0.870. The SMILES string of the molecule is OCCCN(CCn1cccn1)C1CCC1. The minimum atomic E-state index is 0.297. The zero-order valence-corrected chi connectivity index (χ0v) is 9.76. The third-order valence-electron chi connectivity index (χ3n) is 3.37. The summed E-state index contributed by atoms with van der Waals surface area (Å²) in [6, 6.07) is 2.71. The van der Waals surface area contributed by atoms with Gasteiger partial charge in [0.2, 0.25) is 0 Å². The maximum absolute atomic E-state index is 8.90. The lowest BCUT2D eigenvalue weighted by atomic mass is 9.91. The Morgan fingerprint density at radius 3 is 2.81 bits per heavy atom. The van der Waals surface area contributed by atoms with Crippen LogP contribution in [0, 0.1) is 0 Å². The summed E-state index contributed by atoms with van der Waals surface area (Å²) >= 11 is 0. The van der Waals surface area contributed by atoms with Crippen molar-refractivity contribution in [1.29, 1.82) is 0 Å². The van der Waals surface area contributed by atoms with Crippen LogP contribution in [0.2, 0.25) is 0 Å². The highest BCUT2D eigenvalue weighted by Crippen LogP contribution is 2.24. The maximum atomic E-state index is 8.90. The van der Waals surface area contributed by atoms with Crippen LogP contribution >= 0.6 is 0 Å². The molecule has 1 saturated carbocycles. The average molecular weight is 223 g/mol. The lowest BCUT2D eigenvalue weighted by Gasteiger charge is -2.37. The molecule has 16 heavy (non-hydrogen) atoms. The standard InChI is InChI=1S/C12H21N3O/c16-11-3-7-14(12-4-1-5-12)9-10-15-8-2-6-13-15/h2,6,8,12,16H,1,3-5,7,9-11H2. The second-order valence-electron chi connectivity index (χ2n) is 4.47. The Morgan fingerprint density at radius 1 is 1.38 bits per heavy atom. The quantitative estimate of drug-likeness (QED) is 0.753. The minimum Gasteiger partial charge on any atom is -0.396 e. The summed E-state index contributed by atoms with van der Waals surface area (Å²) in [6.07, 6.45) is 8.72. The molecule has 0 bridgehead atoms. The van der Waals surface area contributed by atoms with Gasteiger partial charge in [-0.1, -0.05) is 6.42 Å². The van der Waals surface area contributed by atoms with Crippen molar-refractivity contribution in [1.82, 2.24) is 14.7 Å². The summed E-state index contributed by atoms with van der Waals surface area (Å²) in [5.74, 6) is 0. The van der Waals surface area contributed by atoms with Crippen LogP contribution < -0.4 is 0 Å². The fourth-order valence-corrected chi connectivity index (χ4v) is 2.17. The molecule has 1 fully saturated rings. The van der Waals surface area contributed by atoms with E-state index in [-0.39, 0.29) is 0 Å². The van der Waals surface area contributed by atoms with E-state index < -0.39 is 0 Å². The van der Waals surface area contributed by atoms with Crippen LogP contribution in [0.3, 0.4) is 0 Å². The first-order valence-electron chi connectivity index (χ1n) is 6.22. The van der Waals surface area contributed by atoms with Gasteiger partial charge in [0, 0.05) is 38.1 Å². The van der Waals surface area contributed by atoms with Crippen LogP contribution in [0.15, 0.2) is 18.5 Å². The van der Waals surface area contributed by atoms with Crippen LogP contribution in [0.5, 0.6) is 0 Å². The van der Waals surface area contributed by atoms with Crippen molar-refractivity contribution < 1.29 is 5.11 Å². The van der Waals surface area contributed by atoms with Crippen molar-refractivity contribution in [3.05, 3.63) is 18.5 Å². The fourth-order valence-electron chi connectivity index (χ4n) is 2.17. The predicted octanol–water partition coefficient (Wildman–Crippen LogP) is 1.12. The van der Waals surface area contributed by atoms with E-state index in [4.69, 9.17) is 5.11 Å². The second-order valence-corrected chi connectivity index (χ2v) is 4.47. The molecule has 0 spiro atoms. The number of nitrogens with zero attached hydrogens (tertiary/aromatic N) is 3. The Labute approximate surface area is 96.9 Å². The number of aliphatic hydroxyl groups excluding tert-OH is 1. The van der Waals surface area contributed by atoms with E-state index in [1.165, 1.54) is 19.3 Å². The predicted molar refractivity (Wildman–Crippen MR) is 63.1 cm³/mol. The van der Waals surface area contributed by atoms with Gasteiger partial charge in [-0.3, -0.25) is 9.58 Å². The number of aliphatic hydroxyl groups is 1. The first-order valence-corrected chi connectivity index (χ1v) is 6.22. The zero-order chi connectivity index (χ0) is 11.2. The number of hydrogen-bond donors (Lipinski definition) is 1. The molecule has 0 amide bonds. The van der Waals surface area contributed by atoms with Crippen LogP contribution in [0.1, 0.15) is 25.7 Å². The fraction of sp³-hybridized carbons (Fsp3) is 0.750. The van der Waals surface area contributed by atoms with Gasteiger partial charge in [0.15, 0.2) is 0 Å². The van der Waals surface area contributed by atoms with E-state index in [0.29, 0.717) is 6.61 Å². The van der Waals surface area contributed by atoms with Crippen molar-refractivity contribution in [3.63, 3.8) is 0 Å². The lowest BCUT2D eigenvalue weighted by Crippen LogP contribution is -2.42. The van der Waals surface area contributed by atoms with E-state index in [1.807, 2.05) is 23.1 Å². The summed E-state index contributed by atoms with van der Waals surface area (Å²) in [7, 11) is 0. The smallest absolute Gasteiger partial charge is 0.0536 e. The van der Waals surface area contributed by atoms with E-state index in [9.17, 15) is 0 Å². The number of aromatic nitrogens is 2. The molecule has 1 aliphatic carbocycles. The Balaban J connectivity index is 1.76. The van der Waals surface area contributed by atoms with Crippen molar-refractivity contribution in [2.45, 2.75) is 38.3 Å². The molecule has 0 atom stereocenters. The molecule has 1 aliphatic rings. The van der Waals surface area contributed by atoms with Crippen molar-refractivity contribution in [3.8, 4) is 0 Å². The Morgan fingerprint density at radius 2 is 2.25 bits per heavy atom. The van der Waals surface area contributed by atoms with Crippen molar-refractivity contribution in [2.75, 3.05) is 19.7 Å². The number of rotatable bonds is 7.